The zero-order valence-electron chi connectivity index (χ0n) is 12.4. The summed E-state index contributed by atoms with van der Waals surface area (Å²) in [4.78, 5) is 4.44. The highest BCUT2D eigenvalue weighted by Gasteiger charge is 2.20. The van der Waals surface area contributed by atoms with E-state index in [2.05, 4.69) is 36.3 Å². The lowest BCUT2D eigenvalue weighted by molar-refractivity contribution is 0.286. The Kier molecular flexibility index (Phi) is 5.20. The summed E-state index contributed by atoms with van der Waals surface area (Å²) in [5.74, 6) is 1.52. The van der Waals surface area contributed by atoms with Crippen LogP contribution in [0.3, 0.4) is 0 Å². The van der Waals surface area contributed by atoms with E-state index < -0.39 is 0 Å². The van der Waals surface area contributed by atoms with E-state index >= 15 is 0 Å². The van der Waals surface area contributed by atoms with Gasteiger partial charge in [0.2, 0.25) is 5.88 Å². The standard InChI is InChI=1S/C16H26N2O/c1-12(2)5-4-8-19-16-10-14(9-13(3)18-16)11-17-15-6-7-15/h9-10,12,15,17H,4-8,11H2,1-3H3. The highest BCUT2D eigenvalue weighted by atomic mass is 16.5. The number of aromatic nitrogens is 1. The summed E-state index contributed by atoms with van der Waals surface area (Å²) in [6.45, 7) is 8.21. The Morgan fingerprint density at radius 3 is 2.84 bits per heavy atom. The Morgan fingerprint density at radius 2 is 2.16 bits per heavy atom. The minimum absolute atomic E-state index is 0.740. The summed E-state index contributed by atoms with van der Waals surface area (Å²) < 4.78 is 5.76. The molecule has 0 spiro atoms. The van der Waals surface area contributed by atoms with Crippen molar-refractivity contribution in [1.82, 2.24) is 10.3 Å². The van der Waals surface area contributed by atoms with Crippen molar-refractivity contribution in [3.8, 4) is 5.88 Å². The molecule has 0 atom stereocenters. The van der Waals surface area contributed by atoms with E-state index in [1.165, 1.54) is 24.8 Å². The predicted molar refractivity (Wildman–Crippen MR) is 78.4 cm³/mol. The van der Waals surface area contributed by atoms with Crippen LogP contribution in [-0.4, -0.2) is 17.6 Å². The third kappa shape index (κ3) is 5.60. The van der Waals surface area contributed by atoms with Gasteiger partial charge in [-0.15, -0.1) is 0 Å². The number of hydrogen-bond donors (Lipinski definition) is 1. The first-order valence-corrected chi connectivity index (χ1v) is 7.47. The molecule has 0 unspecified atom stereocenters. The zero-order chi connectivity index (χ0) is 13.7. The third-order valence-electron chi connectivity index (χ3n) is 3.34. The highest BCUT2D eigenvalue weighted by molar-refractivity contribution is 5.24. The summed E-state index contributed by atoms with van der Waals surface area (Å²) >= 11 is 0. The van der Waals surface area contributed by atoms with Crippen LogP contribution in [0, 0.1) is 12.8 Å². The number of pyridine rings is 1. The van der Waals surface area contributed by atoms with Crippen molar-refractivity contribution in [2.24, 2.45) is 5.92 Å². The Balaban J connectivity index is 1.81. The Labute approximate surface area is 116 Å². The Bertz CT molecular complexity index is 400. The second-order valence-corrected chi connectivity index (χ2v) is 5.99. The van der Waals surface area contributed by atoms with E-state index in [4.69, 9.17) is 4.74 Å². The Morgan fingerprint density at radius 1 is 1.37 bits per heavy atom. The molecule has 1 heterocycles. The average Bonchev–Trinajstić information content (AvgIpc) is 3.15. The van der Waals surface area contributed by atoms with E-state index in [1.807, 2.05) is 6.92 Å². The molecule has 1 aliphatic rings. The van der Waals surface area contributed by atoms with E-state index in [0.29, 0.717) is 0 Å². The van der Waals surface area contributed by atoms with Gasteiger partial charge in [0.25, 0.3) is 0 Å². The van der Waals surface area contributed by atoms with Gasteiger partial charge in [-0.3, -0.25) is 0 Å². The molecule has 1 N–H and O–H groups in total. The van der Waals surface area contributed by atoms with Crippen molar-refractivity contribution in [1.29, 1.82) is 0 Å². The summed E-state index contributed by atoms with van der Waals surface area (Å²) in [6.07, 6.45) is 4.95. The van der Waals surface area contributed by atoms with Crippen molar-refractivity contribution in [2.45, 2.75) is 59.0 Å². The number of hydrogen-bond acceptors (Lipinski definition) is 3. The van der Waals surface area contributed by atoms with Gasteiger partial charge < -0.3 is 10.1 Å². The summed E-state index contributed by atoms with van der Waals surface area (Å²) in [6, 6.07) is 4.94. The maximum absolute atomic E-state index is 5.76. The first kappa shape index (κ1) is 14.3. The number of ether oxygens (including phenoxy) is 1. The van der Waals surface area contributed by atoms with Gasteiger partial charge in [-0.05, 0) is 50.2 Å². The molecule has 3 nitrogen and oxygen atoms in total. The second kappa shape index (κ2) is 6.90. The van der Waals surface area contributed by atoms with Crippen molar-refractivity contribution in [2.75, 3.05) is 6.61 Å². The monoisotopic (exact) mass is 262 g/mol. The molecule has 2 rings (SSSR count). The van der Waals surface area contributed by atoms with Crippen LogP contribution >= 0.6 is 0 Å². The molecule has 1 aromatic rings. The number of aryl methyl sites for hydroxylation is 1. The molecule has 0 aromatic carbocycles. The maximum Gasteiger partial charge on any atom is 0.213 e. The molecular formula is C16H26N2O. The molecule has 1 fully saturated rings. The number of nitrogens with one attached hydrogen (secondary N) is 1. The van der Waals surface area contributed by atoms with Crippen molar-refractivity contribution in [3.63, 3.8) is 0 Å². The van der Waals surface area contributed by atoms with E-state index in [-0.39, 0.29) is 0 Å². The van der Waals surface area contributed by atoms with Gasteiger partial charge >= 0.3 is 0 Å². The topological polar surface area (TPSA) is 34.1 Å². The predicted octanol–water partition coefficient (Wildman–Crippen LogP) is 3.46. The minimum Gasteiger partial charge on any atom is -0.478 e. The van der Waals surface area contributed by atoms with Crippen molar-refractivity contribution < 1.29 is 4.74 Å². The fourth-order valence-electron chi connectivity index (χ4n) is 2.10. The largest absolute Gasteiger partial charge is 0.478 e. The quantitative estimate of drug-likeness (QED) is 0.729. The normalized spacial score (nSPS) is 14.9. The first-order valence-electron chi connectivity index (χ1n) is 7.47. The van der Waals surface area contributed by atoms with Crippen LogP contribution in [0.4, 0.5) is 0 Å². The fraction of sp³-hybridized carbons (Fsp3) is 0.688. The van der Waals surface area contributed by atoms with Gasteiger partial charge in [-0.2, -0.15) is 0 Å². The molecule has 1 saturated carbocycles. The van der Waals surface area contributed by atoms with E-state index in [1.54, 1.807) is 0 Å². The van der Waals surface area contributed by atoms with Crippen LogP contribution in [0.1, 0.15) is 50.8 Å². The van der Waals surface area contributed by atoms with Crippen molar-refractivity contribution >= 4 is 0 Å². The van der Waals surface area contributed by atoms with Gasteiger partial charge in [0.1, 0.15) is 0 Å². The van der Waals surface area contributed by atoms with Crippen LogP contribution in [0.2, 0.25) is 0 Å². The van der Waals surface area contributed by atoms with Crippen LogP contribution < -0.4 is 10.1 Å². The lowest BCUT2D eigenvalue weighted by Crippen LogP contribution is -2.15. The van der Waals surface area contributed by atoms with Gasteiger partial charge in [0.15, 0.2) is 0 Å². The molecule has 19 heavy (non-hydrogen) atoms. The maximum atomic E-state index is 5.76. The minimum atomic E-state index is 0.740. The zero-order valence-corrected chi connectivity index (χ0v) is 12.4. The van der Waals surface area contributed by atoms with Gasteiger partial charge in [-0.25, -0.2) is 4.98 Å². The van der Waals surface area contributed by atoms with Crippen LogP contribution in [0.15, 0.2) is 12.1 Å². The molecule has 0 amide bonds. The van der Waals surface area contributed by atoms with Crippen LogP contribution in [0.5, 0.6) is 5.88 Å². The SMILES string of the molecule is Cc1cc(CNC2CC2)cc(OCCCC(C)C)n1. The molecule has 0 radical (unpaired) electrons. The summed E-state index contributed by atoms with van der Waals surface area (Å²) in [7, 11) is 0. The lowest BCUT2D eigenvalue weighted by atomic mass is 10.1. The smallest absolute Gasteiger partial charge is 0.213 e. The van der Waals surface area contributed by atoms with Crippen LogP contribution in [-0.2, 0) is 6.54 Å². The third-order valence-corrected chi connectivity index (χ3v) is 3.34. The van der Waals surface area contributed by atoms with Gasteiger partial charge in [0.05, 0.1) is 6.61 Å². The van der Waals surface area contributed by atoms with Crippen molar-refractivity contribution in [3.05, 3.63) is 23.4 Å². The molecule has 106 valence electrons. The molecule has 3 heteroatoms. The van der Waals surface area contributed by atoms with E-state index in [9.17, 15) is 0 Å². The molecule has 1 aromatic heterocycles. The van der Waals surface area contributed by atoms with Gasteiger partial charge in [-0.1, -0.05) is 13.8 Å². The van der Waals surface area contributed by atoms with Crippen LogP contribution in [0.25, 0.3) is 0 Å². The second-order valence-electron chi connectivity index (χ2n) is 5.99. The molecule has 0 saturated heterocycles. The molecule has 0 aliphatic heterocycles. The first-order chi connectivity index (χ1) is 9.13. The van der Waals surface area contributed by atoms with E-state index in [0.717, 1.165) is 43.1 Å². The fourth-order valence-corrected chi connectivity index (χ4v) is 2.10. The molecule has 0 bridgehead atoms. The summed E-state index contributed by atoms with van der Waals surface area (Å²) in [5, 5.41) is 3.53. The molecular weight excluding hydrogens is 236 g/mol. The van der Waals surface area contributed by atoms with Gasteiger partial charge in [0, 0.05) is 24.3 Å². The summed E-state index contributed by atoms with van der Waals surface area (Å²) in [5.41, 5.74) is 2.31. The number of rotatable bonds is 8. The molecule has 1 aliphatic carbocycles. The highest BCUT2D eigenvalue weighted by Crippen LogP contribution is 2.20. The number of nitrogens with zero attached hydrogens (tertiary/aromatic N) is 1. The average molecular weight is 262 g/mol. The Hall–Kier alpha value is -1.09. The lowest BCUT2D eigenvalue weighted by Gasteiger charge is -2.10.